The number of nitrogens with two attached hydrogens (primary N) is 2. The normalized spacial score (nSPS) is 11.4. The fourth-order valence-corrected chi connectivity index (χ4v) is 3.15. The van der Waals surface area contributed by atoms with E-state index in [2.05, 4.69) is 10.3 Å². The molecular weight excluding hydrogens is 366 g/mol. The fraction of sp³-hybridized carbons (Fsp3) is 0.227. The lowest BCUT2D eigenvalue weighted by molar-refractivity contribution is -0.122. The molecule has 3 rings (SSSR count). The highest BCUT2D eigenvalue weighted by Crippen LogP contribution is 2.23. The van der Waals surface area contributed by atoms with Gasteiger partial charge in [0.15, 0.2) is 0 Å². The van der Waals surface area contributed by atoms with Crippen LogP contribution in [0.25, 0.3) is 10.9 Å². The number of nitrogens with one attached hydrogen (secondary N) is 3. The Kier molecular flexibility index (Phi) is 5.41. The maximum Gasteiger partial charge on any atom is 0.251 e. The number of fused-ring (bicyclic) bond motifs is 1. The Balaban J connectivity index is 1.62. The highest BCUT2D eigenvalue weighted by atomic mass is 16.2. The van der Waals surface area contributed by atoms with Gasteiger partial charge in [0, 0.05) is 34.8 Å². The topological polar surface area (TPSA) is 138 Å². The third-order valence-corrected chi connectivity index (χ3v) is 5.22. The molecule has 0 fully saturated rings. The largest absolute Gasteiger partial charge is 0.384 e. The number of aromatic nitrogens is 1. The van der Waals surface area contributed by atoms with Crippen LogP contribution in [0.4, 0.5) is 0 Å². The summed E-state index contributed by atoms with van der Waals surface area (Å²) in [5, 5.41) is 11.4. The highest BCUT2D eigenvalue weighted by Gasteiger charge is 2.27. The summed E-state index contributed by atoms with van der Waals surface area (Å²) in [5.74, 6) is -0.577. The lowest BCUT2D eigenvalue weighted by Gasteiger charge is -2.21. The zero-order chi connectivity index (χ0) is 21.2. The van der Waals surface area contributed by atoms with E-state index in [0.717, 1.165) is 22.0 Å². The number of H-pyrrole nitrogens is 1. The van der Waals surface area contributed by atoms with Gasteiger partial charge in [-0.3, -0.25) is 15.0 Å². The van der Waals surface area contributed by atoms with E-state index in [9.17, 15) is 9.59 Å². The standard InChI is InChI=1S/C22H25N5O2/c1-22(2,21(25)29)15-6-4-14(5-7-15)20(28)26-10-9-13-3-8-18-16(11-13)17(12-27-18)19(23)24/h3-8,11-12,27H,9-10H2,1-2H3,(H3,23,24)(H2,25,29)(H,26,28). The molecule has 0 aliphatic heterocycles. The first-order chi connectivity index (χ1) is 13.7. The van der Waals surface area contributed by atoms with Crippen molar-refractivity contribution in [3.05, 3.63) is 70.9 Å². The van der Waals surface area contributed by atoms with Crippen LogP contribution in [0.1, 0.15) is 40.9 Å². The molecule has 150 valence electrons. The average molecular weight is 391 g/mol. The van der Waals surface area contributed by atoms with Gasteiger partial charge in [-0.05, 0) is 55.7 Å². The van der Waals surface area contributed by atoms with Gasteiger partial charge in [-0.25, -0.2) is 0 Å². The molecule has 0 saturated carbocycles. The second-order valence-corrected chi connectivity index (χ2v) is 7.57. The van der Waals surface area contributed by atoms with Crippen molar-refractivity contribution in [2.75, 3.05) is 6.54 Å². The number of hydrogen-bond acceptors (Lipinski definition) is 3. The average Bonchev–Trinajstić information content (AvgIpc) is 3.11. The smallest absolute Gasteiger partial charge is 0.251 e. The minimum Gasteiger partial charge on any atom is -0.384 e. The molecule has 29 heavy (non-hydrogen) atoms. The summed E-state index contributed by atoms with van der Waals surface area (Å²) in [6, 6.07) is 12.8. The van der Waals surface area contributed by atoms with Crippen LogP contribution in [0.5, 0.6) is 0 Å². The number of nitrogen functional groups attached to an aromatic ring is 1. The quantitative estimate of drug-likeness (QED) is 0.312. The van der Waals surface area contributed by atoms with Crippen LogP contribution in [0, 0.1) is 5.41 Å². The van der Waals surface area contributed by atoms with Gasteiger partial charge in [0.1, 0.15) is 5.84 Å². The van der Waals surface area contributed by atoms with E-state index in [0.29, 0.717) is 24.1 Å². The van der Waals surface area contributed by atoms with Gasteiger partial charge in [0.2, 0.25) is 5.91 Å². The number of aromatic amines is 1. The molecular formula is C22H25N5O2. The number of carbonyl (C=O) groups is 2. The molecule has 0 bridgehead atoms. The van der Waals surface area contributed by atoms with Crippen LogP contribution < -0.4 is 16.8 Å². The summed E-state index contributed by atoms with van der Waals surface area (Å²) in [4.78, 5) is 27.0. The summed E-state index contributed by atoms with van der Waals surface area (Å²) >= 11 is 0. The molecule has 0 atom stereocenters. The van der Waals surface area contributed by atoms with Crippen LogP contribution in [-0.4, -0.2) is 29.2 Å². The third-order valence-electron chi connectivity index (χ3n) is 5.22. The Morgan fingerprint density at radius 1 is 1.10 bits per heavy atom. The van der Waals surface area contributed by atoms with Crippen molar-refractivity contribution in [1.29, 1.82) is 5.41 Å². The molecule has 0 aliphatic rings. The van der Waals surface area contributed by atoms with E-state index in [1.807, 2.05) is 18.2 Å². The number of primary amides is 1. The Labute approximate surface area is 169 Å². The van der Waals surface area contributed by atoms with Crippen molar-refractivity contribution in [3.63, 3.8) is 0 Å². The van der Waals surface area contributed by atoms with E-state index in [-0.39, 0.29) is 11.7 Å². The molecule has 7 heteroatoms. The van der Waals surface area contributed by atoms with Gasteiger partial charge in [0.25, 0.3) is 5.91 Å². The van der Waals surface area contributed by atoms with Gasteiger partial charge < -0.3 is 21.8 Å². The number of rotatable bonds is 7. The van der Waals surface area contributed by atoms with E-state index in [1.54, 1.807) is 44.3 Å². The summed E-state index contributed by atoms with van der Waals surface area (Å²) in [5.41, 5.74) is 14.2. The second kappa shape index (κ2) is 7.79. The molecule has 3 aromatic rings. The molecule has 2 amide bonds. The maximum absolute atomic E-state index is 12.4. The van der Waals surface area contributed by atoms with E-state index >= 15 is 0 Å². The number of carbonyl (C=O) groups excluding carboxylic acids is 2. The predicted molar refractivity (Wildman–Crippen MR) is 114 cm³/mol. The van der Waals surface area contributed by atoms with Crippen molar-refractivity contribution < 1.29 is 9.59 Å². The lowest BCUT2D eigenvalue weighted by atomic mass is 9.83. The number of amides is 2. The van der Waals surface area contributed by atoms with Gasteiger partial charge in [-0.1, -0.05) is 18.2 Å². The Morgan fingerprint density at radius 3 is 2.41 bits per heavy atom. The zero-order valence-electron chi connectivity index (χ0n) is 16.5. The first-order valence-electron chi connectivity index (χ1n) is 9.33. The molecule has 0 saturated heterocycles. The molecule has 7 nitrogen and oxygen atoms in total. The highest BCUT2D eigenvalue weighted by molar-refractivity contribution is 6.07. The van der Waals surface area contributed by atoms with Gasteiger partial charge in [-0.15, -0.1) is 0 Å². The van der Waals surface area contributed by atoms with Crippen molar-refractivity contribution in [2.24, 2.45) is 11.5 Å². The van der Waals surface area contributed by atoms with Crippen molar-refractivity contribution >= 4 is 28.6 Å². The van der Waals surface area contributed by atoms with E-state index in [1.165, 1.54) is 0 Å². The molecule has 0 unspecified atom stereocenters. The minimum absolute atomic E-state index is 0.0182. The second-order valence-electron chi connectivity index (χ2n) is 7.57. The monoisotopic (exact) mass is 391 g/mol. The molecule has 0 aliphatic carbocycles. The SMILES string of the molecule is CC(C)(C(N)=O)c1ccc(C(=O)NCCc2ccc3[nH]cc(C(=N)N)c3c2)cc1. The first kappa shape index (κ1) is 20.1. The Hall–Kier alpha value is -3.61. The third kappa shape index (κ3) is 4.13. The van der Waals surface area contributed by atoms with Crippen LogP contribution in [0.3, 0.4) is 0 Å². The van der Waals surface area contributed by atoms with Crippen molar-refractivity contribution in [1.82, 2.24) is 10.3 Å². The summed E-state index contributed by atoms with van der Waals surface area (Å²) in [7, 11) is 0. The van der Waals surface area contributed by atoms with E-state index < -0.39 is 11.3 Å². The number of hydrogen-bond donors (Lipinski definition) is 5. The van der Waals surface area contributed by atoms with Gasteiger partial charge >= 0.3 is 0 Å². The summed E-state index contributed by atoms with van der Waals surface area (Å²) in [6.45, 7) is 3.98. The van der Waals surface area contributed by atoms with Gasteiger partial charge in [-0.2, -0.15) is 0 Å². The number of benzene rings is 2. The van der Waals surface area contributed by atoms with E-state index in [4.69, 9.17) is 16.9 Å². The zero-order valence-corrected chi connectivity index (χ0v) is 16.5. The Bertz CT molecular complexity index is 1080. The molecule has 7 N–H and O–H groups in total. The van der Waals surface area contributed by atoms with Gasteiger partial charge in [0.05, 0.1) is 5.41 Å². The first-order valence-corrected chi connectivity index (χ1v) is 9.33. The van der Waals surface area contributed by atoms with Crippen molar-refractivity contribution in [3.8, 4) is 0 Å². The fourth-order valence-electron chi connectivity index (χ4n) is 3.15. The van der Waals surface area contributed by atoms with Crippen LogP contribution >= 0.6 is 0 Å². The van der Waals surface area contributed by atoms with Crippen molar-refractivity contribution in [2.45, 2.75) is 25.7 Å². The number of amidine groups is 1. The lowest BCUT2D eigenvalue weighted by Crippen LogP contribution is -2.35. The summed E-state index contributed by atoms with van der Waals surface area (Å²) in [6.07, 6.45) is 2.37. The molecule has 0 radical (unpaired) electrons. The van der Waals surface area contributed by atoms with Crippen LogP contribution in [0.15, 0.2) is 48.7 Å². The molecule has 1 aromatic heterocycles. The van der Waals surface area contributed by atoms with Crippen LogP contribution in [0.2, 0.25) is 0 Å². The summed E-state index contributed by atoms with van der Waals surface area (Å²) < 4.78 is 0. The predicted octanol–water partition coefficient (Wildman–Crippen LogP) is 2.19. The maximum atomic E-state index is 12.4. The minimum atomic E-state index is -0.787. The Morgan fingerprint density at radius 2 is 1.79 bits per heavy atom. The molecule has 1 heterocycles. The molecule has 2 aromatic carbocycles. The molecule has 0 spiro atoms. The van der Waals surface area contributed by atoms with Crippen LogP contribution in [-0.2, 0) is 16.6 Å².